The molecule has 4 aliphatic carbocycles. The summed E-state index contributed by atoms with van der Waals surface area (Å²) in [6.45, 7) is 0. The lowest BCUT2D eigenvalue weighted by atomic mass is 9.82. The number of allylic oxidation sites excluding steroid dienone is 12. The summed E-state index contributed by atoms with van der Waals surface area (Å²) < 4.78 is 2.55. The zero-order valence-electron chi connectivity index (χ0n) is 28.1. The van der Waals surface area contributed by atoms with Crippen molar-refractivity contribution in [2.45, 2.75) is 37.4 Å². The highest BCUT2D eigenvalue weighted by Gasteiger charge is 2.44. The Morgan fingerprint density at radius 2 is 1.62 bits per heavy atom. The number of carbonyl (C=O) groups is 3. The normalized spacial score (nSPS) is 24.4. The molecule has 2 aliphatic heterocycles. The molecule has 10 rings (SSSR count). The van der Waals surface area contributed by atoms with E-state index in [1.807, 2.05) is 47.4 Å². The van der Waals surface area contributed by atoms with E-state index < -0.39 is 17.8 Å². The molecule has 9 heteroatoms. The van der Waals surface area contributed by atoms with E-state index in [1.165, 1.54) is 37.0 Å². The molecule has 0 bridgehead atoms. The highest BCUT2D eigenvalue weighted by atomic mass is 32.2. The van der Waals surface area contributed by atoms with Gasteiger partial charge in [0.15, 0.2) is 0 Å². The molecule has 0 saturated carbocycles. The smallest absolute Gasteiger partial charge is 0.308 e. The SMILES string of the molecule is O=C1/C(=C\c2ccc(-c3cc4c5c(n(C6=CC=C7SC8C=CC=CC8C7C6)c4s3)CCC=C5)s2)C(=O)N(c2ccccc2)C(=O)N1C1=CC=CCC1. The number of carbonyl (C=O) groups excluding carboxylic acids is 3. The maximum absolute atomic E-state index is 14.0. The number of urea groups is 1. The summed E-state index contributed by atoms with van der Waals surface area (Å²) in [5.74, 6) is -0.153. The molecule has 0 N–H and O–H groups in total. The van der Waals surface area contributed by atoms with E-state index in [9.17, 15) is 14.4 Å². The lowest BCUT2D eigenvalue weighted by Gasteiger charge is -2.35. The molecule has 6 aliphatic rings. The van der Waals surface area contributed by atoms with Gasteiger partial charge in [-0.25, -0.2) is 14.6 Å². The van der Waals surface area contributed by atoms with Gasteiger partial charge in [-0.1, -0.05) is 72.9 Å². The molecule has 6 nitrogen and oxygen atoms in total. The first-order valence-electron chi connectivity index (χ1n) is 17.8. The molecule has 2 saturated heterocycles. The van der Waals surface area contributed by atoms with Crippen LogP contribution < -0.4 is 4.90 Å². The third-order valence-corrected chi connectivity index (χ3v) is 14.5. The monoisotopic (exact) mass is 735 g/mol. The van der Waals surface area contributed by atoms with Gasteiger partial charge in [0.2, 0.25) is 0 Å². The van der Waals surface area contributed by atoms with E-state index in [4.69, 9.17) is 0 Å². The average molecular weight is 736 g/mol. The predicted molar refractivity (Wildman–Crippen MR) is 215 cm³/mol. The predicted octanol–water partition coefficient (Wildman–Crippen LogP) is 10.6. The van der Waals surface area contributed by atoms with E-state index in [0.717, 1.165) is 45.2 Å². The van der Waals surface area contributed by atoms with Crippen molar-refractivity contribution in [1.29, 1.82) is 0 Å². The molecule has 256 valence electrons. The fraction of sp³-hybridized carbons (Fsp3) is 0.186. The largest absolute Gasteiger partial charge is 0.342 e. The number of nitrogens with zero attached hydrogens (tertiary/aromatic N) is 3. The fourth-order valence-corrected chi connectivity index (χ4v) is 12.0. The minimum absolute atomic E-state index is 0.0263. The van der Waals surface area contributed by atoms with E-state index in [0.29, 0.717) is 34.9 Å². The van der Waals surface area contributed by atoms with Gasteiger partial charge >= 0.3 is 6.03 Å². The number of anilines is 1. The van der Waals surface area contributed by atoms with Crippen LogP contribution in [0, 0.1) is 11.8 Å². The Balaban J connectivity index is 1.01. The maximum Gasteiger partial charge on any atom is 0.342 e. The van der Waals surface area contributed by atoms with Crippen LogP contribution in [0.3, 0.4) is 0 Å². The molecule has 2 fully saturated rings. The average Bonchev–Trinajstić information content (AvgIpc) is 3.96. The van der Waals surface area contributed by atoms with Crippen molar-refractivity contribution in [1.82, 2.24) is 9.47 Å². The molecule has 3 atom stereocenters. The molecular formula is C43H33N3O3S3. The van der Waals surface area contributed by atoms with Gasteiger partial charge in [0, 0.05) is 59.8 Å². The van der Waals surface area contributed by atoms with Crippen LogP contribution in [0.25, 0.3) is 37.8 Å². The number of amides is 4. The van der Waals surface area contributed by atoms with Crippen molar-refractivity contribution >= 4 is 86.0 Å². The Morgan fingerprint density at radius 1 is 0.769 bits per heavy atom. The number of hydrogen-bond acceptors (Lipinski definition) is 6. The Hall–Kier alpha value is -4.96. The summed E-state index contributed by atoms with van der Waals surface area (Å²) in [5.41, 5.74) is 5.07. The van der Waals surface area contributed by atoms with E-state index in [1.54, 1.807) is 47.8 Å². The number of imide groups is 2. The van der Waals surface area contributed by atoms with Gasteiger partial charge in [0.25, 0.3) is 11.8 Å². The number of thioether (sulfide) groups is 1. The first-order chi connectivity index (χ1) is 25.5. The van der Waals surface area contributed by atoms with Crippen LogP contribution in [-0.4, -0.2) is 32.6 Å². The maximum atomic E-state index is 14.0. The summed E-state index contributed by atoms with van der Waals surface area (Å²) in [5, 5.41) is 1.80. The summed E-state index contributed by atoms with van der Waals surface area (Å²) in [7, 11) is 0. The summed E-state index contributed by atoms with van der Waals surface area (Å²) in [6.07, 6.45) is 30.1. The zero-order valence-corrected chi connectivity index (χ0v) is 30.6. The molecule has 4 aromatic rings. The number of hydrogen-bond donors (Lipinski definition) is 0. The highest BCUT2D eigenvalue weighted by Crippen LogP contribution is 2.54. The van der Waals surface area contributed by atoms with Crippen LogP contribution in [0.1, 0.15) is 41.8 Å². The van der Waals surface area contributed by atoms with Gasteiger partial charge in [-0.15, -0.1) is 34.4 Å². The van der Waals surface area contributed by atoms with Gasteiger partial charge in [-0.3, -0.25) is 9.59 Å². The third kappa shape index (κ3) is 5.09. The lowest BCUT2D eigenvalue weighted by Crippen LogP contribution is -2.56. The number of benzene rings is 1. The van der Waals surface area contributed by atoms with Gasteiger partial charge < -0.3 is 4.57 Å². The fourth-order valence-electron chi connectivity index (χ4n) is 8.24. The molecule has 0 radical (unpaired) electrons. The number of para-hydroxylation sites is 1. The van der Waals surface area contributed by atoms with Crippen LogP contribution in [0.5, 0.6) is 0 Å². The highest BCUT2D eigenvalue weighted by molar-refractivity contribution is 8.04. The van der Waals surface area contributed by atoms with E-state index in [2.05, 4.69) is 65.3 Å². The van der Waals surface area contributed by atoms with Crippen molar-refractivity contribution in [3.05, 3.63) is 142 Å². The second-order valence-corrected chi connectivity index (χ2v) is 17.1. The summed E-state index contributed by atoms with van der Waals surface area (Å²) in [6, 6.07) is 14.5. The Bertz CT molecular complexity index is 2460. The number of rotatable bonds is 5. The molecule has 3 aromatic heterocycles. The Labute approximate surface area is 313 Å². The molecule has 3 unspecified atom stereocenters. The minimum Gasteiger partial charge on any atom is -0.308 e. The van der Waals surface area contributed by atoms with Crippen molar-refractivity contribution in [2.75, 3.05) is 4.90 Å². The van der Waals surface area contributed by atoms with E-state index in [-0.39, 0.29) is 5.57 Å². The Morgan fingerprint density at radius 3 is 2.48 bits per heavy atom. The van der Waals surface area contributed by atoms with Crippen LogP contribution in [0.2, 0.25) is 0 Å². The number of barbiturate groups is 1. The van der Waals surface area contributed by atoms with Crippen LogP contribution in [-0.2, 0) is 16.0 Å². The first kappa shape index (κ1) is 31.7. The molecule has 1 aromatic carbocycles. The lowest BCUT2D eigenvalue weighted by molar-refractivity contribution is -0.127. The van der Waals surface area contributed by atoms with Gasteiger partial charge in [-0.05, 0) is 85.6 Å². The van der Waals surface area contributed by atoms with Crippen molar-refractivity contribution < 1.29 is 14.4 Å². The van der Waals surface area contributed by atoms with Crippen molar-refractivity contribution in [3.8, 4) is 9.75 Å². The summed E-state index contributed by atoms with van der Waals surface area (Å²) in [4.78, 5) is 49.7. The molecule has 4 amide bonds. The second kappa shape index (κ2) is 12.6. The standard InChI is InChI=1S/C43H33N3O3S3/c47-40-34(41(48)46(27-13-5-2-6-14-27)43(49)45(40)26-11-3-1-4-12-26)24-29-20-22-38(50-29)39-25-33-30-15-7-9-17-35(30)44(42(33)52-39)28-19-21-37-32(23-28)31-16-8-10-18-36(31)51-37/h1-5,7-8,10-13,15-16,18-22,24-25,31-32,36H,6,9,14,17,23H2/b34-24-. The first-order valence-corrected chi connectivity index (χ1v) is 20.3. The molecule has 0 spiro atoms. The molecule has 5 heterocycles. The van der Waals surface area contributed by atoms with E-state index >= 15 is 0 Å². The van der Waals surface area contributed by atoms with Crippen LogP contribution >= 0.6 is 34.4 Å². The van der Waals surface area contributed by atoms with Crippen molar-refractivity contribution in [3.63, 3.8) is 0 Å². The zero-order chi connectivity index (χ0) is 34.9. The number of thiophene rings is 2. The second-order valence-electron chi connectivity index (χ2n) is 13.7. The Kier molecular flexibility index (Phi) is 7.70. The number of aromatic nitrogens is 1. The third-order valence-electron chi connectivity index (χ3n) is 10.7. The van der Waals surface area contributed by atoms with Gasteiger partial charge in [0.05, 0.1) is 5.69 Å². The van der Waals surface area contributed by atoms with Crippen molar-refractivity contribution in [2.24, 2.45) is 11.8 Å². The summed E-state index contributed by atoms with van der Waals surface area (Å²) >= 11 is 5.38. The minimum atomic E-state index is -0.645. The molecule has 52 heavy (non-hydrogen) atoms. The molecular weight excluding hydrogens is 703 g/mol. The quantitative estimate of drug-likeness (QED) is 0.151. The van der Waals surface area contributed by atoms with Gasteiger partial charge in [-0.2, -0.15) is 0 Å². The van der Waals surface area contributed by atoms with Gasteiger partial charge in [0.1, 0.15) is 10.4 Å². The topological polar surface area (TPSA) is 62.6 Å². The van der Waals surface area contributed by atoms with Crippen LogP contribution in [0.4, 0.5) is 10.5 Å². The number of fused-ring (bicyclic) bond motifs is 6. The van der Waals surface area contributed by atoms with Crippen LogP contribution in [0.15, 0.2) is 125 Å².